The fourth-order valence-corrected chi connectivity index (χ4v) is 3.75. The molecular weight excluding hydrogens is 328 g/mol. The van der Waals surface area contributed by atoms with Gasteiger partial charge in [0.1, 0.15) is 6.61 Å². The number of carbonyl (C=O) groups is 1. The number of rotatable bonds is 3. The minimum absolute atomic E-state index is 0.0102. The first-order chi connectivity index (χ1) is 12.2. The van der Waals surface area contributed by atoms with Gasteiger partial charge >= 0.3 is 5.97 Å². The fraction of sp³-hybridized carbons (Fsp3) is 0.682. The van der Waals surface area contributed by atoms with Crippen molar-refractivity contribution in [3.63, 3.8) is 0 Å². The molecule has 1 aliphatic heterocycles. The van der Waals surface area contributed by atoms with Crippen molar-refractivity contribution in [2.45, 2.75) is 84.0 Å². The molecule has 2 aliphatic rings. The van der Waals surface area contributed by atoms with Crippen LogP contribution in [0.25, 0.3) is 0 Å². The van der Waals surface area contributed by atoms with E-state index in [1.807, 2.05) is 13.0 Å². The summed E-state index contributed by atoms with van der Waals surface area (Å²) in [6.07, 6.45) is 9.33. The molecule has 0 amide bonds. The van der Waals surface area contributed by atoms with Gasteiger partial charge in [0, 0.05) is 12.8 Å². The molecule has 1 heterocycles. The molecule has 0 radical (unpaired) electrons. The van der Waals surface area contributed by atoms with Crippen LogP contribution in [0.3, 0.4) is 0 Å². The molecule has 1 N–H and O–H groups in total. The van der Waals surface area contributed by atoms with E-state index >= 15 is 0 Å². The van der Waals surface area contributed by atoms with Crippen LogP contribution in [-0.4, -0.2) is 35.5 Å². The third-order valence-electron chi connectivity index (χ3n) is 5.66. The van der Waals surface area contributed by atoms with Gasteiger partial charge in [-0.2, -0.15) is 0 Å². The summed E-state index contributed by atoms with van der Waals surface area (Å²) in [7, 11) is 0. The number of aliphatic hydroxyl groups excluding tert-OH is 1. The van der Waals surface area contributed by atoms with Crippen LogP contribution in [0.15, 0.2) is 35.5 Å². The van der Waals surface area contributed by atoms with Crippen molar-refractivity contribution in [3.05, 3.63) is 35.5 Å². The number of ether oxygens (including phenoxy) is 2. The Kier molecular flexibility index (Phi) is 7.24. The maximum atomic E-state index is 11.2. The van der Waals surface area contributed by atoms with Crippen LogP contribution >= 0.6 is 0 Å². The van der Waals surface area contributed by atoms with Crippen LogP contribution in [0.2, 0.25) is 0 Å². The fourth-order valence-electron chi connectivity index (χ4n) is 3.75. The van der Waals surface area contributed by atoms with Crippen LogP contribution in [0.1, 0.15) is 66.2 Å². The van der Waals surface area contributed by atoms with Crippen LogP contribution in [-0.2, 0) is 14.3 Å². The van der Waals surface area contributed by atoms with E-state index in [0.717, 1.165) is 49.7 Å². The Morgan fingerprint density at radius 2 is 2.12 bits per heavy atom. The van der Waals surface area contributed by atoms with Gasteiger partial charge in [-0.05, 0) is 64.9 Å². The molecule has 4 nitrogen and oxygen atoms in total. The predicted octanol–water partition coefficient (Wildman–Crippen LogP) is 4.49. The first-order valence-electron chi connectivity index (χ1n) is 9.71. The Labute approximate surface area is 158 Å². The molecule has 0 saturated carbocycles. The molecule has 0 aromatic heterocycles. The second-order valence-corrected chi connectivity index (χ2v) is 8.13. The lowest BCUT2D eigenvalue weighted by molar-refractivity contribution is -0.140. The molecule has 2 rings (SSSR count). The first-order valence-corrected chi connectivity index (χ1v) is 9.71. The summed E-state index contributed by atoms with van der Waals surface area (Å²) in [6, 6.07) is 0. The molecule has 0 unspecified atom stereocenters. The molecule has 4 heteroatoms. The standard InChI is InChI=1S/C22H34O4/c1-15(2)19-10-8-16(3)7-6-12-22(5)21(26-22)11-9-18(13-20(19)24)14-25-17(4)23/h7,13,19-21,24H,1,6,8-12,14H2,2-5H3/b16-7-,18-13-/t19-,20+,21-,22-/m1/s1. The number of allylic oxidation sites excluding steroid dienone is 2. The number of esters is 1. The van der Waals surface area contributed by atoms with Gasteiger partial charge in [0.2, 0.25) is 0 Å². The molecule has 0 spiro atoms. The summed E-state index contributed by atoms with van der Waals surface area (Å²) in [5.41, 5.74) is 3.26. The summed E-state index contributed by atoms with van der Waals surface area (Å²) in [5, 5.41) is 10.8. The lowest BCUT2D eigenvalue weighted by Crippen LogP contribution is -2.21. The van der Waals surface area contributed by atoms with Crippen LogP contribution in [0.4, 0.5) is 0 Å². The SMILES string of the molecule is C=C(C)[C@H]1CC/C(C)=C\CC[C@@]2(C)O[C@@H]2CC/C(COC(C)=O)=C/[C@@H]1O. The van der Waals surface area contributed by atoms with Gasteiger partial charge in [0.15, 0.2) is 0 Å². The van der Waals surface area contributed by atoms with E-state index in [0.29, 0.717) is 0 Å². The predicted molar refractivity (Wildman–Crippen MR) is 104 cm³/mol. The number of carbonyl (C=O) groups excluding carboxylic acids is 1. The highest BCUT2D eigenvalue weighted by atomic mass is 16.6. The molecule has 1 aliphatic carbocycles. The minimum atomic E-state index is -0.611. The van der Waals surface area contributed by atoms with Crippen LogP contribution < -0.4 is 0 Å². The second kappa shape index (κ2) is 9.01. The highest BCUT2D eigenvalue weighted by molar-refractivity contribution is 5.66. The molecule has 0 aromatic rings. The molecule has 1 fully saturated rings. The van der Waals surface area contributed by atoms with E-state index in [1.54, 1.807) is 0 Å². The average molecular weight is 363 g/mol. The average Bonchev–Trinajstić information content (AvgIpc) is 3.19. The Bertz CT molecular complexity index is 589. The zero-order valence-corrected chi connectivity index (χ0v) is 16.7. The van der Waals surface area contributed by atoms with Gasteiger partial charge in [-0.1, -0.05) is 29.9 Å². The van der Waals surface area contributed by atoms with Gasteiger partial charge in [-0.3, -0.25) is 4.79 Å². The van der Waals surface area contributed by atoms with Crippen molar-refractivity contribution in [1.29, 1.82) is 0 Å². The van der Waals surface area contributed by atoms with Crippen LogP contribution in [0.5, 0.6) is 0 Å². The maximum Gasteiger partial charge on any atom is 0.302 e. The molecule has 4 atom stereocenters. The van der Waals surface area contributed by atoms with Gasteiger partial charge < -0.3 is 14.6 Å². The number of aliphatic hydroxyl groups is 1. The van der Waals surface area contributed by atoms with Crippen molar-refractivity contribution in [3.8, 4) is 0 Å². The molecule has 0 aromatic carbocycles. The van der Waals surface area contributed by atoms with Gasteiger partial charge in [-0.15, -0.1) is 0 Å². The number of hydrogen-bond acceptors (Lipinski definition) is 4. The highest BCUT2D eigenvalue weighted by Gasteiger charge is 2.50. The zero-order valence-electron chi connectivity index (χ0n) is 16.7. The van der Waals surface area contributed by atoms with E-state index in [1.165, 1.54) is 12.5 Å². The first kappa shape index (κ1) is 20.9. The zero-order chi connectivity index (χ0) is 19.3. The smallest absolute Gasteiger partial charge is 0.302 e. The monoisotopic (exact) mass is 362 g/mol. The minimum Gasteiger partial charge on any atom is -0.461 e. The highest BCUT2D eigenvalue weighted by Crippen LogP contribution is 2.43. The van der Waals surface area contributed by atoms with E-state index in [4.69, 9.17) is 9.47 Å². The van der Waals surface area contributed by atoms with Crippen molar-refractivity contribution in [1.82, 2.24) is 0 Å². The van der Waals surface area contributed by atoms with Gasteiger partial charge in [-0.25, -0.2) is 0 Å². The van der Waals surface area contributed by atoms with Gasteiger partial charge in [0.25, 0.3) is 0 Å². The quantitative estimate of drug-likeness (QED) is 0.457. The third-order valence-corrected chi connectivity index (χ3v) is 5.66. The largest absolute Gasteiger partial charge is 0.461 e. The van der Waals surface area contributed by atoms with Crippen molar-refractivity contribution >= 4 is 5.97 Å². The van der Waals surface area contributed by atoms with E-state index in [9.17, 15) is 9.90 Å². The Hall–Kier alpha value is -1.39. The van der Waals surface area contributed by atoms with Crippen molar-refractivity contribution in [2.24, 2.45) is 5.92 Å². The molecular formula is C22H34O4. The summed E-state index contributed by atoms with van der Waals surface area (Å²) in [4.78, 5) is 11.2. The van der Waals surface area contributed by atoms with Crippen molar-refractivity contribution in [2.75, 3.05) is 6.61 Å². The normalized spacial score (nSPS) is 37.2. The van der Waals surface area contributed by atoms with E-state index < -0.39 is 6.10 Å². The summed E-state index contributed by atoms with van der Waals surface area (Å²) in [5.74, 6) is -0.291. The lowest BCUT2D eigenvalue weighted by atomic mass is 9.87. The van der Waals surface area contributed by atoms with Crippen LogP contribution in [0, 0.1) is 5.92 Å². The molecule has 1 saturated heterocycles. The van der Waals surface area contributed by atoms with Crippen molar-refractivity contribution < 1.29 is 19.4 Å². The Balaban J connectivity index is 2.18. The second-order valence-electron chi connectivity index (χ2n) is 8.13. The Morgan fingerprint density at radius 3 is 2.77 bits per heavy atom. The topological polar surface area (TPSA) is 59.1 Å². The molecule has 26 heavy (non-hydrogen) atoms. The molecule has 0 bridgehead atoms. The number of epoxide rings is 1. The Morgan fingerprint density at radius 1 is 1.38 bits per heavy atom. The summed E-state index contributed by atoms with van der Waals surface area (Å²) in [6.45, 7) is 12.0. The maximum absolute atomic E-state index is 11.2. The summed E-state index contributed by atoms with van der Waals surface area (Å²) >= 11 is 0. The lowest BCUT2D eigenvalue weighted by Gasteiger charge is -2.23. The van der Waals surface area contributed by atoms with E-state index in [-0.39, 0.29) is 30.2 Å². The van der Waals surface area contributed by atoms with Gasteiger partial charge in [0.05, 0.1) is 17.8 Å². The number of hydrogen-bond donors (Lipinski definition) is 1. The number of fused-ring (bicyclic) bond motifs is 1. The third kappa shape index (κ3) is 6.10. The summed E-state index contributed by atoms with van der Waals surface area (Å²) < 4.78 is 11.1. The van der Waals surface area contributed by atoms with E-state index in [2.05, 4.69) is 26.5 Å². The molecule has 146 valence electrons.